The lowest BCUT2D eigenvalue weighted by molar-refractivity contribution is -0.120. The molecule has 11 heteroatoms. The molecule has 0 aliphatic carbocycles. The number of phenols is 1. The first-order valence-electron chi connectivity index (χ1n) is 6.04. The minimum absolute atomic E-state index is 0.0505. The lowest BCUT2D eigenvalue weighted by Crippen LogP contribution is -2.31. The van der Waals surface area contributed by atoms with Gasteiger partial charge in [-0.15, -0.1) is 0 Å². The molecule has 0 aliphatic heterocycles. The number of phenolic OH excluding ortho intramolecular Hbond substituents is 1. The monoisotopic (exact) mass is 445 g/mol. The fourth-order valence-corrected chi connectivity index (χ4v) is 2.74. The van der Waals surface area contributed by atoms with E-state index in [0.717, 1.165) is 0 Å². The van der Waals surface area contributed by atoms with Gasteiger partial charge in [0.25, 0.3) is 5.56 Å². The van der Waals surface area contributed by atoms with Crippen LogP contribution in [0.25, 0.3) is 0 Å². The molecule has 9 nitrogen and oxygen atoms in total. The first-order valence-corrected chi connectivity index (χ1v) is 7.63. The molecule has 0 unspecified atom stereocenters. The summed E-state index contributed by atoms with van der Waals surface area (Å²) < 4.78 is 0.923. The Labute approximate surface area is 145 Å². The van der Waals surface area contributed by atoms with Gasteiger partial charge in [0.1, 0.15) is 11.4 Å². The number of nitrogens with zero attached hydrogens (tertiary/aromatic N) is 2. The van der Waals surface area contributed by atoms with Gasteiger partial charge in [0, 0.05) is 0 Å². The molecule has 0 saturated heterocycles. The Morgan fingerprint density at radius 2 is 2.00 bits per heavy atom. The average Bonchev–Trinajstić information content (AvgIpc) is 2.47. The molecule has 0 atom stereocenters. The summed E-state index contributed by atoms with van der Waals surface area (Å²) in [5.74, 6) is -0.530. The second kappa shape index (κ2) is 7.33. The number of hydrogen-bond acceptors (Lipinski definition) is 6. The van der Waals surface area contributed by atoms with Crippen LogP contribution >= 0.6 is 31.9 Å². The van der Waals surface area contributed by atoms with Crippen molar-refractivity contribution in [2.24, 2.45) is 5.10 Å². The molecule has 120 valence electrons. The second-order valence-electron chi connectivity index (χ2n) is 4.26. The zero-order valence-electron chi connectivity index (χ0n) is 11.3. The van der Waals surface area contributed by atoms with Gasteiger partial charge in [-0.3, -0.25) is 14.6 Å². The van der Waals surface area contributed by atoms with Gasteiger partial charge in [-0.1, -0.05) is 0 Å². The fourth-order valence-electron chi connectivity index (χ4n) is 1.52. The molecule has 1 aromatic carbocycles. The highest BCUT2D eigenvalue weighted by Gasteiger charge is 2.09. The van der Waals surface area contributed by atoms with Crippen LogP contribution in [0.1, 0.15) is 11.3 Å². The number of benzene rings is 1. The summed E-state index contributed by atoms with van der Waals surface area (Å²) in [6.07, 6.45) is 1.02. The van der Waals surface area contributed by atoms with E-state index in [-0.39, 0.29) is 17.9 Å². The maximum absolute atomic E-state index is 11.7. The van der Waals surface area contributed by atoms with Crippen LogP contribution < -0.4 is 16.7 Å². The summed E-state index contributed by atoms with van der Waals surface area (Å²) in [6.45, 7) is 0. The zero-order chi connectivity index (χ0) is 17.0. The molecule has 1 heterocycles. The lowest BCUT2D eigenvalue weighted by atomic mass is 10.2. The van der Waals surface area contributed by atoms with Crippen molar-refractivity contribution < 1.29 is 9.90 Å². The van der Waals surface area contributed by atoms with Crippen LogP contribution in [0.5, 0.6) is 5.75 Å². The van der Waals surface area contributed by atoms with Gasteiger partial charge in [0.2, 0.25) is 5.91 Å². The van der Waals surface area contributed by atoms with E-state index in [1.54, 1.807) is 12.1 Å². The van der Waals surface area contributed by atoms with Gasteiger partial charge < -0.3 is 5.11 Å². The van der Waals surface area contributed by atoms with E-state index in [1.165, 1.54) is 6.21 Å². The van der Waals surface area contributed by atoms with Crippen LogP contribution in [0.3, 0.4) is 0 Å². The van der Waals surface area contributed by atoms with Crippen molar-refractivity contribution in [1.82, 2.24) is 20.6 Å². The number of aromatic amines is 2. The maximum atomic E-state index is 11.7. The summed E-state index contributed by atoms with van der Waals surface area (Å²) in [7, 11) is 0. The van der Waals surface area contributed by atoms with Gasteiger partial charge in [0.15, 0.2) is 0 Å². The van der Waals surface area contributed by atoms with Crippen LogP contribution in [-0.2, 0) is 11.2 Å². The van der Waals surface area contributed by atoms with Crippen LogP contribution in [-0.4, -0.2) is 32.4 Å². The fraction of sp³-hybridized carbons (Fsp3) is 0.0833. The number of rotatable bonds is 4. The maximum Gasteiger partial charge on any atom is 0.342 e. The minimum Gasteiger partial charge on any atom is -0.506 e. The Kier molecular flexibility index (Phi) is 5.45. The first-order chi connectivity index (χ1) is 10.9. The highest BCUT2D eigenvalue weighted by molar-refractivity contribution is 9.11. The number of nitrogens with one attached hydrogen (secondary N) is 3. The quantitative estimate of drug-likeness (QED) is 0.397. The normalized spacial score (nSPS) is 10.9. The predicted octanol–water partition coefficient (Wildman–Crippen LogP) is 0.382. The molecule has 0 radical (unpaired) electrons. The highest BCUT2D eigenvalue weighted by Crippen LogP contribution is 2.32. The Balaban J connectivity index is 2.01. The third kappa shape index (κ3) is 4.60. The third-order valence-electron chi connectivity index (χ3n) is 2.55. The van der Waals surface area contributed by atoms with Crippen molar-refractivity contribution in [2.75, 3.05) is 0 Å². The van der Waals surface area contributed by atoms with Crippen molar-refractivity contribution in [3.05, 3.63) is 53.2 Å². The molecule has 0 spiro atoms. The standard InChI is InChI=1S/C12H9Br2N5O4/c13-6-1-5(2-7(14)10(6)21)4-15-18-9(20)3-8-11(22)16-12(23)19-17-8/h1-2,4,21H,3H2,(H,18,20)(H2,16,19,22,23)/b15-4-. The summed E-state index contributed by atoms with van der Waals surface area (Å²) in [4.78, 5) is 35.8. The van der Waals surface area contributed by atoms with E-state index in [0.29, 0.717) is 14.5 Å². The van der Waals surface area contributed by atoms with Gasteiger partial charge in [0.05, 0.1) is 21.6 Å². The van der Waals surface area contributed by atoms with Crippen molar-refractivity contribution in [3.8, 4) is 5.75 Å². The molecule has 0 saturated carbocycles. The number of halogens is 2. The molecule has 0 bridgehead atoms. The Morgan fingerprint density at radius 3 is 2.61 bits per heavy atom. The molecule has 1 aromatic heterocycles. The van der Waals surface area contributed by atoms with E-state index in [9.17, 15) is 19.5 Å². The summed E-state index contributed by atoms with van der Waals surface area (Å²) >= 11 is 6.34. The van der Waals surface area contributed by atoms with E-state index >= 15 is 0 Å². The van der Waals surface area contributed by atoms with Gasteiger partial charge in [-0.2, -0.15) is 10.2 Å². The van der Waals surface area contributed by atoms with Crippen LogP contribution in [0.4, 0.5) is 0 Å². The Bertz CT molecular complexity index is 867. The SMILES string of the molecule is O=C(Cc1n[nH]c(=O)[nH]c1=O)N/N=C\c1cc(Br)c(O)c(Br)c1. The Morgan fingerprint density at radius 1 is 1.35 bits per heavy atom. The van der Waals surface area contributed by atoms with E-state index in [4.69, 9.17) is 0 Å². The molecular weight excluding hydrogens is 438 g/mol. The molecule has 0 aliphatic rings. The molecule has 2 rings (SSSR count). The third-order valence-corrected chi connectivity index (χ3v) is 3.76. The Hall–Kier alpha value is -2.27. The number of carbonyl (C=O) groups is 1. The van der Waals surface area contributed by atoms with Gasteiger partial charge in [-0.25, -0.2) is 15.3 Å². The summed E-state index contributed by atoms with van der Waals surface area (Å²) in [5, 5.41) is 18.8. The summed E-state index contributed by atoms with van der Waals surface area (Å²) in [5.41, 5.74) is 1.22. The summed E-state index contributed by atoms with van der Waals surface area (Å²) in [6, 6.07) is 3.20. The van der Waals surface area contributed by atoms with Gasteiger partial charge in [-0.05, 0) is 49.6 Å². The van der Waals surface area contributed by atoms with Crippen LogP contribution in [0.2, 0.25) is 0 Å². The smallest absolute Gasteiger partial charge is 0.342 e. The van der Waals surface area contributed by atoms with Crippen molar-refractivity contribution in [1.29, 1.82) is 0 Å². The minimum atomic E-state index is -0.749. The molecule has 0 fully saturated rings. The molecular formula is C12H9Br2N5O4. The topological polar surface area (TPSA) is 140 Å². The van der Waals surface area contributed by atoms with E-state index in [1.807, 2.05) is 10.1 Å². The lowest BCUT2D eigenvalue weighted by Gasteiger charge is -2.02. The average molecular weight is 447 g/mol. The molecule has 2 aromatic rings. The molecule has 4 N–H and O–H groups in total. The van der Waals surface area contributed by atoms with Gasteiger partial charge >= 0.3 is 5.69 Å². The number of H-pyrrole nitrogens is 2. The van der Waals surface area contributed by atoms with Crippen molar-refractivity contribution >= 4 is 44.0 Å². The first kappa shape index (κ1) is 17.1. The number of hydrazone groups is 1. The predicted molar refractivity (Wildman–Crippen MR) is 88.4 cm³/mol. The van der Waals surface area contributed by atoms with E-state index < -0.39 is 17.2 Å². The zero-order valence-corrected chi connectivity index (χ0v) is 14.4. The highest BCUT2D eigenvalue weighted by atomic mass is 79.9. The number of hydrogen-bond donors (Lipinski definition) is 4. The number of aromatic nitrogens is 3. The van der Waals surface area contributed by atoms with Crippen LogP contribution in [0, 0.1) is 0 Å². The number of amides is 1. The largest absolute Gasteiger partial charge is 0.506 e. The second-order valence-corrected chi connectivity index (χ2v) is 5.97. The number of aromatic hydroxyl groups is 1. The number of carbonyl (C=O) groups excluding carboxylic acids is 1. The van der Waals surface area contributed by atoms with Crippen LogP contribution in [0.15, 0.2) is 35.8 Å². The molecule has 1 amide bonds. The van der Waals surface area contributed by atoms with E-state index in [2.05, 4.69) is 47.5 Å². The van der Waals surface area contributed by atoms with Crippen molar-refractivity contribution in [2.45, 2.75) is 6.42 Å². The molecule has 23 heavy (non-hydrogen) atoms. The van der Waals surface area contributed by atoms with Crippen molar-refractivity contribution in [3.63, 3.8) is 0 Å².